The van der Waals surface area contributed by atoms with Crippen molar-refractivity contribution in [1.82, 2.24) is 0 Å². The summed E-state index contributed by atoms with van der Waals surface area (Å²) in [5.41, 5.74) is 2.79. The van der Waals surface area contributed by atoms with Crippen LogP contribution in [-0.2, 0) is 5.75 Å². The van der Waals surface area contributed by atoms with Gasteiger partial charge in [-0.15, -0.1) is 11.8 Å². The van der Waals surface area contributed by atoms with Gasteiger partial charge in [-0.25, -0.2) is 0 Å². The average molecular weight is 413 g/mol. The molecule has 0 radical (unpaired) electrons. The molecule has 3 rings (SSSR count). The van der Waals surface area contributed by atoms with Gasteiger partial charge in [0, 0.05) is 28.5 Å². The molecular weight excluding hydrogens is 396 g/mol. The zero-order valence-corrected chi connectivity index (χ0v) is 16.6. The van der Waals surface area contributed by atoms with Crippen LogP contribution in [0.25, 0.3) is 0 Å². The van der Waals surface area contributed by atoms with Gasteiger partial charge in [0.2, 0.25) is 0 Å². The number of anilines is 1. The second kappa shape index (κ2) is 8.91. The molecule has 0 aliphatic carbocycles. The molecule has 0 aliphatic rings. The van der Waals surface area contributed by atoms with Crippen molar-refractivity contribution in [2.45, 2.75) is 17.6 Å². The third-order valence-electron chi connectivity index (χ3n) is 4.10. The molecule has 0 saturated heterocycles. The molecule has 1 amide bonds. The highest BCUT2D eigenvalue weighted by Crippen LogP contribution is 2.27. The molecule has 28 heavy (non-hydrogen) atoms. The van der Waals surface area contributed by atoms with Crippen molar-refractivity contribution in [2.24, 2.45) is 0 Å². The molecule has 0 unspecified atom stereocenters. The lowest BCUT2D eigenvalue weighted by Crippen LogP contribution is -2.13. The molecule has 0 bridgehead atoms. The number of aryl methyl sites for hydroxylation is 1. The van der Waals surface area contributed by atoms with Gasteiger partial charge < -0.3 is 5.32 Å². The number of hydrogen-bond donors (Lipinski definition) is 1. The smallest absolute Gasteiger partial charge is 0.270 e. The molecule has 1 N–H and O–H groups in total. The number of hydrogen-bond acceptors (Lipinski definition) is 4. The minimum absolute atomic E-state index is 0.0419. The van der Waals surface area contributed by atoms with Crippen LogP contribution >= 0.6 is 23.4 Å². The fraction of sp³-hybridized carbons (Fsp3) is 0.0952. The maximum Gasteiger partial charge on any atom is 0.270 e. The summed E-state index contributed by atoms with van der Waals surface area (Å²) in [4.78, 5) is 23.9. The van der Waals surface area contributed by atoms with Crippen LogP contribution in [0.2, 0.25) is 5.02 Å². The molecule has 0 saturated carbocycles. The second-order valence-corrected chi connectivity index (χ2v) is 7.58. The number of amides is 1. The van der Waals surface area contributed by atoms with E-state index in [1.165, 1.54) is 23.1 Å². The van der Waals surface area contributed by atoms with E-state index < -0.39 is 10.8 Å². The van der Waals surface area contributed by atoms with E-state index >= 15 is 0 Å². The maximum atomic E-state index is 12.5. The average Bonchev–Trinajstić information content (AvgIpc) is 2.68. The summed E-state index contributed by atoms with van der Waals surface area (Å²) in [5.74, 6) is 0.419. The molecule has 7 heteroatoms. The SMILES string of the molecule is Cc1cc(CSc2ccccc2)ccc1NC(=O)c1ccc([N+](=O)[O-])cc1Cl. The number of nitro groups is 1. The summed E-state index contributed by atoms with van der Waals surface area (Å²) in [6, 6.07) is 19.8. The first kappa shape index (κ1) is 19.9. The molecular formula is C21H17ClN2O3S. The number of carbonyl (C=O) groups excluding carboxylic acids is 1. The van der Waals surface area contributed by atoms with E-state index in [0.717, 1.165) is 16.9 Å². The summed E-state index contributed by atoms with van der Waals surface area (Å²) in [5, 5.41) is 13.6. The van der Waals surface area contributed by atoms with Gasteiger partial charge in [-0.2, -0.15) is 0 Å². The molecule has 3 aromatic carbocycles. The number of rotatable bonds is 6. The largest absolute Gasteiger partial charge is 0.322 e. The Bertz CT molecular complexity index is 1030. The first-order valence-electron chi connectivity index (χ1n) is 8.46. The lowest BCUT2D eigenvalue weighted by atomic mass is 10.1. The van der Waals surface area contributed by atoms with Crippen LogP contribution in [0.1, 0.15) is 21.5 Å². The number of carbonyl (C=O) groups is 1. The minimum atomic E-state index is -0.552. The molecule has 0 fully saturated rings. The zero-order chi connectivity index (χ0) is 20.1. The topological polar surface area (TPSA) is 72.2 Å². The first-order valence-corrected chi connectivity index (χ1v) is 9.83. The Hall–Kier alpha value is -2.83. The molecule has 0 aliphatic heterocycles. The summed E-state index contributed by atoms with van der Waals surface area (Å²) >= 11 is 7.78. The van der Waals surface area contributed by atoms with Crippen molar-refractivity contribution >= 4 is 40.6 Å². The zero-order valence-electron chi connectivity index (χ0n) is 15.0. The normalized spacial score (nSPS) is 10.5. The second-order valence-electron chi connectivity index (χ2n) is 6.13. The lowest BCUT2D eigenvalue weighted by molar-refractivity contribution is -0.384. The quantitative estimate of drug-likeness (QED) is 0.301. The van der Waals surface area contributed by atoms with Crippen LogP contribution in [0, 0.1) is 17.0 Å². The Morgan fingerprint density at radius 1 is 1.11 bits per heavy atom. The Labute approximate surface area is 171 Å². The van der Waals surface area contributed by atoms with E-state index in [-0.39, 0.29) is 16.3 Å². The van der Waals surface area contributed by atoms with E-state index in [1.54, 1.807) is 11.8 Å². The van der Waals surface area contributed by atoms with Crippen molar-refractivity contribution in [3.05, 3.63) is 98.6 Å². The molecule has 142 valence electrons. The Morgan fingerprint density at radius 3 is 2.50 bits per heavy atom. The predicted octanol–water partition coefficient (Wildman–Crippen LogP) is 6.10. The Balaban J connectivity index is 1.69. The van der Waals surface area contributed by atoms with Crippen molar-refractivity contribution in [1.29, 1.82) is 0 Å². The van der Waals surface area contributed by atoms with Gasteiger partial charge in [0.05, 0.1) is 15.5 Å². The van der Waals surface area contributed by atoms with Crippen LogP contribution in [0.4, 0.5) is 11.4 Å². The van der Waals surface area contributed by atoms with Crippen molar-refractivity contribution < 1.29 is 9.72 Å². The fourth-order valence-electron chi connectivity index (χ4n) is 2.63. The number of nitrogens with one attached hydrogen (secondary N) is 1. The van der Waals surface area contributed by atoms with Crippen molar-refractivity contribution in [3.63, 3.8) is 0 Å². The van der Waals surface area contributed by atoms with E-state index in [0.29, 0.717) is 5.69 Å². The predicted molar refractivity (Wildman–Crippen MR) is 113 cm³/mol. The maximum absolute atomic E-state index is 12.5. The van der Waals surface area contributed by atoms with E-state index in [4.69, 9.17) is 11.6 Å². The van der Waals surface area contributed by atoms with Gasteiger partial charge in [0.1, 0.15) is 0 Å². The Kier molecular flexibility index (Phi) is 6.34. The van der Waals surface area contributed by atoms with E-state index in [1.807, 2.05) is 43.3 Å². The van der Waals surface area contributed by atoms with Crippen molar-refractivity contribution in [2.75, 3.05) is 5.32 Å². The standard InChI is InChI=1S/C21H17ClN2O3S/c1-14-11-15(13-28-17-5-3-2-4-6-17)7-10-20(14)23-21(25)18-9-8-16(24(26)27)12-19(18)22/h2-12H,13H2,1H3,(H,23,25). The highest BCUT2D eigenvalue weighted by Gasteiger charge is 2.15. The summed E-state index contributed by atoms with van der Waals surface area (Å²) in [7, 11) is 0. The van der Waals surface area contributed by atoms with Gasteiger partial charge in [0.15, 0.2) is 0 Å². The highest BCUT2D eigenvalue weighted by atomic mass is 35.5. The number of non-ortho nitro benzene ring substituents is 1. The molecule has 0 heterocycles. The molecule has 0 spiro atoms. The van der Waals surface area contributed by atoms with Gasteiger partial charge >= 0.3 is 0 Å². The van der Waals surface area contributed by atoms with Gasteiger partial charge in [0.25, 0.3) is 11.6 Å². The summed E-state index contributed by atoms with van der Waals surface area (Å²) in [6.45, 7) is 1.92. The monoisotopic (exact) mass is 412 g/mol. The van der Waals surface area contributed by atoms with E-state index in [9.17, 15) is 14.9 Å². The van der Waals surface area contributed by atoms with Crippen LogP contribution in [0.3, 0.4) is 0 Å². The molecule has 0 aromatic heterocycles. The summed E-state index contributed by atoms with van der Waals surface area (Å²) < 4.78 is 0. The lowest BCUT2D eigenvalue weighted by Gasteiger charge is -2.11. The molecule has 3 aromatic rings. The van der Waals surface area contributed by atoms with Crippen LogP contribution in [0.15, 0.2) is 71.6 Å². The third kappa shape index (κ3) is 4.91. The summed E-state index contributed by atoms with van der Waals surface area (Å²) in [6.07, 6.45) is 0. The number of nitrogens with zero attached hydrogens (tertiary/aromatic N) is 1. The van der Waals surface area contributed by atoms with Gasteiger partial charge in [-0.1, -0.05) is 41.9 Å². The number of benzene rings is 3. The van der Waals surface area contributed by atoms with E-state index in [2.05, 4.69) is 17.4 Å². The molecule has 0 atom stereocenters. The first-order chi connectivity index (χ1) is 13.4. The van der Waals surface area contributed by atoms with Crippen LogP contribution in [0.5, 0.6) is 0 Å². The number of nitro benzene ring substituents is 1. The number of halogens is 1. The Morgan fingerprint density at radius 2 is 1.86 bits per heavy atom. The van der Waals surface area contributed by atoms with Crippen molar-refractivity contribution in [3.8, 4) is 0 Å². The third-order valence-corrected chi connectivity index (χ3v) is 5.49. The fourth-order valence-corrected chi connectivity index (χ4v) is 3.75. The highest BCUT2D eigenvalue weighted by molar-refractivity contribution is 7.98. The van der Waals surface area contributed by atoms with Crippen LogP contribution in [-0.4, -0.2) is 10.8 Å². The van der Waals surface area contributed by atoms with Crippen LogP contribution < -0.4 is 5.32 Å². The minimum Gasteiger partial charge on any atom is -0.322 e. The van der Waals surface area contributed by atoms with Gasteiger partial charge in [-0.3, -0.25) is 14.9 Å². The number of thioether (sulfide) groups is 1. The molecule has 5 nitrogen and oxygen atoms in total. The van der Waals surface area contributed by atoms with Gasteiger partial charge in [-0.05, 0) is 42.3 Å².